The fraction of sp³-hybridized carbons (Fsp3) is 0. The molecule has 2 rings (SSSR count). The van der Waals surface area contributed by atoms with Crippen molar-refractivity contribution in [3.8, 4) is 0 Å². The summed E-state index contributed by atoms with van der Waals surface area (Å²) < 4.78 is 0. The van der Waals surface area contributed by atoms with E-state index in [4.69, 9.17) is 0 Å². The molecule has 0 fully saturated rings. The van der Waals surface area contributed by atoms with Crippen molar-refractivity contribution in [1.29, 1.82) is 0 Å². The van der Waals surface area contributed by atoms with E-state index in [0.717, 1.165) is 15.3 Å². The molecule has 2 nitrogen and oxygen atoms in total. The molecule has 0 spiro atoms. The predicted octanol–water partition coefficient (Wildman–Crippen LogP) is 2.66. The number of aromatic nitrogens is 2. The molecule has 2 heterocycles. The molecule has 2 aromatic heterocycles. The first-order chi connectivity index (χ1) is 5.88. The van der Waals surface area contributed by atoms with Crippen LogP contribution in [-0.2, 0) is 0 Å². The van der Waals surface area contributed by atoms with Crippen molar-refractivity contribution in [2.75, 3.05) is 0 Å². The van der Waals surface area contributed by atoms with Crippen LogP contribution in [0.2, 0.25) is 0 Å². The monoisotopic (exact) mass is 194 g/mol. The second kappa shape index (κ2) is 3.16. The Balaban J connectivity index is 2.34. The smallest absolute Gasteiger partial charge is 0.0797 e. The highest BCUT2D eigenvalue weighted by Crippen LogP contribution is 2.26. The van der Waals surface area contributed by atoms with Crippen molar-refractivity contribution < 1.29 is 0 Å². The highest BCUT2D eigenvalue weighted by molar-refractivity contribution is 7.13. The van der Waals surface area contributed by atoms with Gasteiger partial charge in [-0.1, -0.05) is 6.58 Å². The first-order valence-corrected chi connectivity index (χ1v) is 5.10. The summed E-state index contributed by atoms with van der Waals surface area (Å²) in [7, 11) is 0. The van der Waals surface area contributed by atoms with Crippen LogP contribution in [-0.4, -0.2) is 9.97 Å². The topological polar surface area (TPSA) is 25.8 Å². The van der Waals surface area contributed by atoms with Gasteiger partial charge in [-0.15, -0.1) is 22.7 Å². The summed E-state index contributed by atoms with van der Waals surface area (Å²) in [4.78, 5) is 10.2. The van der Waals surface area contributed by atoms with Crippen molar-refractivity contribution in [1.82, 2.24) is 9.97 Å². The normalized spacial score (nSPS) is 10.0. The van der Waals surface area contributed by atoms with Gasteiger partial charge >= 0.3 is 0 Å². The minimum Gasteiger partial charge on any atom is -0.252 e. The summed E-state index contributed by atoms with van der Waals surface area (Å²) in [5, 5.41) is 0. The molecule has 0 saturated heterocycles. The zero-order chi connectivity index (χ0) is 8.39. The van der Waals surface area contributed by atoms with Crippen molar-refractivity contribution in [3.63, 3.8) is 0 Å². The van der Waals surface area contributed by atoms with Crippen LogP contribution in [0.1, 0.15) is 9.75 Å². The Morgan fingerprint density at radius 1 is 1.08 bits per heavy atom. The first kappa shape index (κ1) is 7.64. The van der Waals surface area contributed by atoms with E-state index in [0.29, 0.717) is 0 Å². The van der Waals surface area contributed by atoms with Gasteiger partial charge in [-0.3, -0.25) is 9.97 Å². The van der Waals surface area contributed by atoms with E-state index in [1.807, 2.05) is 23.4 Å². The van der Waals surface area contributed by atoms with Crippen molar-refractivity contribution in [2.45, 2.75) is 0 Å². The Labute approximate surface area is 78.2 Å². The molecule has 12 heavy (non-hydrogen) atoms. The van der Waals surface area contributed by atoms with Gasteiger partial charge in [-0.2, -0.15) is 0 Å². The van der Waals surface area contributed by atoms with E-state index in [2.05, 4.69) is 16.5 Å². The maximum absolute atomic E-state index is 4.00. The summed E-state index contributed by atoms with van der Waals surface area (Å²) in [6, 6.07) is 0. The van der Waals surface area contributed by atoms with Gasteiger partial charge in [-0.25, -0.2) is 0 Å². The van der Waals surface area contributed by atoms with Gasteiger partial charge < -0.3 is 0 Å². The van der Waals surface area contributed by atoms with Crippen LogP contribution in [0.5, 0.6) is 0 Å². The fourth-order valence-electron chi connectivity index (χ4n) is 0.851. The van der Waals surface area contributed by atoms with E-state index in [1.165, 1.54) is 0 Å². The molecule has 0 unspecified atom stereocenters. The molecule has 0 N–H and O–H groups in total. The molecule has 0 radical (unpaired) electrons. The molecule has 2 aromatic rings. The lowest BCUT2D eigenvalue weighted by Gasteiger charge is -1.94. The Kier molecular flexibility index (Phi) is 2.01. The van der Waals surface area contributed by atoms with Crippen LogP contribution in [0.15, 0.2) is 30.0 Å². The van der Waals surface area contributed by atoms with Crippen LogP contribution >= 0.6 is 22.7 Å². The first-order valence-electron chi connectivity index (χ1n) is 3.34. The lowest BCUT2D eigenvalue weighted by atomic mass is 10.2. The van der Waals surface area contributed by atoms with Crippen LogP contribution in [0, 0.1) is 0 Å². The maximum atomic E-state index is 4.00. The molecule has 0 aliphatic rings. The summed E-state index contributed by atoms with van der Waals surface area (Å²) in [6.45, 7) is 3.98. The molecule has 0 aliphatic heterocycles. The van der Waals surface area contributed by atoms with Crippen LogP contribution in [0.4, 0.5) is 0 Å². The van der Waals surface area contributed by atoms with Crippen LogP contribution in [0.3, 0.4) is 0 Å². The van der Waals surface area contributed by atoms with Gasteiger partial charge in [0.25, 0.3) is 0 Å². The number of rotatable bonds is 2. The predicted molar refractivity (Wildman–Crippen MR) is 52.4 cm³/mol. The summed E-state index contributed by atoms with van der Waals surface area (Å²) in [5.41, 5.74) is 4.63. The quantitative estimate of drug-likeness (QED) is 0.734. The zero-order valence-corrected chi connectivity index (χ0v) is 7.86. The van der Waals surface area contributed by atoms with Gasteiger partial charge in [-0.05, 0) is 0 Å². The lowest BCUT2D eigenvalue weighted by molar-refractivity contribution is 1.40. The summed E-state index contributed by atoms with van der Waals surface area (Å²) in [6.07, 6.45) is 3.65. The van der Waals surface area contributed by atoms with E-state index in [9.17, 15) is 0 Å². The van der Waals surface area contributed by atoms with Crippen molar-refractivity contribution >= 4 is 28.2 Å². The third-order valence-corrected chi connectivity index (χ3v) is 3.13. The highest BCUT2D eigenvalue weighted by atomic mass is 32.1. The number of hydrogen-bond donors (Lipinski definition) is 0. The van der Waals surface area contributed by atoms with E-state index < -0.39 is 0 Å². The number of thiazole rings is 2. The molecule has 0 atom stereocenters. The summed E-state index contributed by atoms with van der Waals surface area (Å²) >= 11 is 3.19. The van der Waals surface area contributed by atoms with Crippen molar-refractivity contribution in [2.24, 2.45) is 0 Å². The Hall–Kier alpha value is -1.00. The van der Waals surface area contributed by atoms with Gasteiger partial charge in [0.2, 0.25) is 0 Å². The molecular formula is C8H6N2S2. The third-order valence-electron chi connectivity index (χ3n) is 1.46. The molecule has 0 aliphatic carbocycles. The molecule has 0 amide bonds. The standard InChI is InChI=1S/C8H6N2S2/c1-6(7-2-9-4-11-7)8-3-10-5-12-8/h2-5H,1H2. The fourth-order valence-corrected chi connectivity index (χ4v) is 2.13. The second-order valence-corrected chi connectivity index (χ2v) is 3.98. The van der Waals surface area contributed by atoms with Gasteiger partial charge in [0.15, 0.2) is 0 Å². The van der Waals surface area contributed by atoms with Crippen LogP contribution < -0.4 is 0 Å². The lowest BCUT2D eigenvalue weighted by Crippen LogP contribution is -1.75. The molecular weight excluding hydrogens is 188 g/mol. The van der Waals surface area contributed by atoms with Crippen molar-refractivity contribution in [3.05, 3.63) is 39.7 Å². The Morgan fingerprint density at radius 3 is 1.92 bits per heavy atom. The molecule has 0 saturated carbocycles. The van der Waals surface area contributed by atoms with E-state index >= 15 is 0 Å². The van der Waals surface area contributed by atoms with Gasteiger partial charge in [0.05, 0.1) is 20.8 Å². The van der Waals surface area contributed by atoms with E-state index in [1.54, 1.807) is 22.7 Å². The Morgan fingerprint density at radius 2 is 1.58 bits per heavy atom. The third kappa shape index (κ3) is 1.31. The Bertz CT molecular complexity index is 325. The second-order valence-electron chi connectivity index (χ2n) is 2.21. The average Bonchev–Trinajstić information content (AvgIpc) is 2.77. The minimum atomic E-state index is 1.01. The van der Waals surface area contributed by atoms with Crippen LogP contribution in [0.25, 0.3) is 5.57 Å². The van der Waals surface area contributed by atoms with Gasteiger partial charge in [0, 0.05) is 18.0 Å². The highest BCUT2D eigenvalue weighted by Gasteiger charge is 2.04. The van der Waals surface area contributed by atoms with Gasteiger partial charge in [0.1, 0.15) is 0 Å². The summed E-state index contributed by atoms with van der Waals surface area (Å²) in [5.74, 6) is 0. The average molecular weight is 194 g/mol. The minimum absolute atomic E-state index is 1.01. The molecule has 0 aromatic carbocycles. The molecule has 4 heteroatoms. The number of hydrogen-bond acceptors (Lipinski definition) is 4. The maximum Gasteiger partial charge on any atom is 0.0797 e. The molecule has 60 valence electrons. The van der Waals surface area contributed by atoms with E-state index in [-0.39, 0.29) is 0 Å². The molecule has 0 bridgehead atoms. The zero-order valence-electron chi connectivity index (χ0n) is 6.23. The SMILES string of the molecule is C=C(c1cncs1)c1cncs1. The largest absolute Gasteiger partial charge is 0.252 e. The number of nitrogens with zero attached hydrogens (tertiary/aromatic N) is 2.